The molecule has 0 bridgehead atoms. The van der Waals surface area contributed by atoms with Crippen LogP contribution in [0.15, 0.2) is 65.5 Å². The van der Waals surface area contributed by atoms with Crippen molar-refractivity contribution in [2.75, 3.05) is 14.2 Å². The summed E-state index contributed by atoms with van der Waals surface area (Å²) in [5.74, 6) is 1.51. The van der Waals surface area contributed by atoms with E-state index in [1.807, 2.05) is 61.6 Å². The fraction of sp³-hybridized carbons (Fsp3) is 0.182. The molecule has 4 aromatic rings. The van der Waals surface area contributed by atoms with Crippen molar-refractivity contribution in [1.29, 1.82) is 0 Å². The maximum absolute atomic E-state index is 12.5. The number of benzene rings is 2. The maximum atomic E-state index is 12.5. The maximum Gasteiger partial charge on any atom is 0.259 e. The molecule has 0 unspecified atom stereocenters. The van der Waals surface area contributed by atoms with Gasteiger partial charge in [-0.15, -0.1) is 11.3 Å². The third kappa shape index (κ3) is 3.98. The monoisotopic (exact) mass is 391 g/mol. The van der Waals surface area contributed by atoms with Gasteiger partial charge < -0.3 is 9.72 Å². The number of aromatic amines is 1. The van der Waals surface area contributed by atoms with Crippen LogP contribution in [0.3, 0.4) is 0 Å². The van der Waals surface area contributed by atoms with E-state index < -0.39 is 0 Å². The number of hydrogen-bond donors (Lipinski definition) is 1. The minimum atomic E-state index is -0.0896. The smallest absolute Gasteiger partial charge is 0.259 e. The number of fused-ring (bicyclic) bond motifs is 1. The van der Waals surface area contributed by atoms with Gasteiger partial charge in [-0.25, -0.2) is 4.98 Å². The fourth-order valence-corrected chi connectivity index (χ4v) is 4.25. The van der Waals surface area contributed by atoms with Crippen LogP contribution in [0, 0.1) is 0 Å². The fourth-order valence-electron chi connectivity index (χ4n) is 3.19. The van der Waals surface area contributed by atoms with E-state index in [-0.39, 0.29) is 5.56 Å². The zero-order chi connectivity index (χ0) is 19.5. The van der Waals surface area contributed by atoms with E-state index in [2.05, 4.69) is 16.0 Å². The Labute approximate surface area is 167 Å². The Balaban J connectivity index is 1.56. The molecule has 0 atom stereocenters. The van der Waals surface area contributed by atoms with Gasteiger partial charge in [0.2, 0.25) is 0 Å². The van der Waals surface area contributed by atoms with Gasteiger partial charge in [-0.05, 0) is 36.4 Å². The molecule has 0 aliphatic carbocycles. The molecule has 0 fully saturated rings. The Morgan fingerprint density at radius 3 is 2.68 bits per heavy atom. The summed E-state index contributed by atoms with van der Waals surface area (Å²) in [6, 6.07) is 20.0. The molecule has 2 heterocycles. The van der Waals surface area contributed by atoms with Crippen LogP contribution in [-0.4, -0.2) is 29.0 Å². The van der Waals surface area contributed by atoms with E-state index in [4.69, 9.17) is 9.72 Å². The minimum absolute atomic E-state index is 0.0896. The van der Waals surface area contributed by atoms with Crippen LogP contribution in [0.1, 0.15) is 11.4 Å². The number of hydrogen-bond acceptors (Lipinski definition) is 5. The van der Waals surface area contributed by atoms with Crippen molar-refractivity contribution in [3.8, 4) is 16.2 Å². The average Bonchev–Trinajstić information content (AvgIpc) is 3.13. The number of nitrogens with zero attached hydrogens (tertiary/aromatic N) is 2. The first-order valence-corrected chi connectivity index (χ1v) is 9.83. The highest BCUT2D eigenvalue weighted by Crippen LogP contribution is 2.30. The van der Waals surface area contributed by atoms with Crippen LogP contribution in [0.5, 0.6) is 5.75 Å². The lowest BCUT2D eigenvalue weighted by Crippen LogP contribution is -2.21. The van der Waals surface area contributed by atoms with Gasteiger partial charge in [-0.1, -0.05) is 42.5 Å². The molecule has 1 N–H and O–H groups in total. The molecule has 2 aromatic carbocycles. The van der Waals surface area contributed by atoms with Gasteiger partial charge in [0.15, 0.2) is 0 Å². The van der Waals surface area contributed by atoms with Crippen molar-refractivity contribution in [2.24, 2.45) is 0 Å². The molecule has 6 heteroatoms. The molecule has 142 valence electrons. The Morgan fingerprint density at radius 1 is 1.07 bits per heavy atom. The lowest BCUT2D eigenvalue weighted by molar-refractivity contribution is 0.310. The van der Waals surface area contributed by atoms with Crippen molar-refractivity contribution >= 4 is 21.6 Å². The Bertz CT molecular complexity index is 1150. The summed E-state index contributed by atoms with van der Waals surface area (Å²) >= 11 is 1.55. The molecule has 2 aromatic heterocycles. The first kappa shape index (κ1) is 18.4. The lowest BCUT2D eigenvalue weighted by atomic mass is 10.2. The second-order valence-corrected chi connectivity index (χ2v) is 7.76. The van der Waals surface area contributed by atoms with Crippen molar-refractivity contribution in [1.82, 2.24) is 14.9 Å². The third-order valence-electron chi connectivity index (χ3n) is 4.52. The van der Waals surface area contributed by atoms with Gasteiger partial charge in [0.25, 0.3) is 5.56 Å². The Morgan fingerprint density at radius 2 is 1.89 bits per heavy atom. The van der Waals surface area contributed by atoms with E-state index in [0.29, 0.717) is 17.8 Å². The topological polar surface area (TPSA) is 58.2 Å². The lowest BCUT2D eigenvalue weighted by Gasteiger charge is -2.16. The molecular formula is C22H21N3O2S. The van der Waals surface area contributed by atoms with Crippen LogP contribution in [0.25, 0.3) is 20.7 Å². The molecule has 0 saturated carbocycles. The summed E-state index contributed by atoms with van der Waals surface area (Å²) in [6.45, 7) is 1.29. The van der Waals surface area contributed by atoms with Crippen molar-refractivity contribution in [3.05, 3.63) is 82.4 Å². The summed E-state index contributed by atoms with van der Waals surface area (Å²) in [5, 5.41) is 0.642. The number of aromatic nitrogens is 2. The predicted molar refractivity (Wildman–Crippen MR) is 114 cm³/mol. The number of thiophene rings is 1. The summed E-state index contributed by atoms with van der Waals surface area (Å²) in [7, 11) is 3.67. The number of methoxy groups -OCH3 is 1. The van der Waals surface area contributed by atoms with Gasteiger partial charge in [0, 0.05) is 11.4 Å². The first-order valence-electron chi connectivity index (χ1n) is 9.02. The highest BCUT2D eigenvalue weighted by molar-refractivity contribution is 7.21. The zero-order valence-corrected chi connectivity index (χ0v) is 16.6. The normalized spacial score (nSPS) is 11.2. The van der Waals surface area contributed by atoms with Gasteiger partial charge >= 0.3 is 0 Å². The van der Waals surface area contributed by atoms with Crippen LogP contribution in [0.2, 0.25) is 0 Å². The summed E-state index contributed by atoms with van der Waals surface area (Å²) in [4.78, 5) is 24.1. The number of rotatable bonds is 6. The van der Waals surface area contributed by atoms with Crippen LogP contribution in [0.4, 0.5) is 0 Å². The number of ether oxygens (including phenoxy) is 1. The van der Waals surface area contributed by atoms with Crippen molar-refractivity contribution in [2.45, 2.75) is 13.1 Å². The second kappa shape index (κ2) is 7.96. The summed E-state index contributed by atoms with van der Waals surface area (Å²) in [5.41, 5.74) is 2.16. The highest BCUT2D eigenvalue weighted by atomic mass is 32.1. The van der Waals surface area contributed by atoms with Gasteiger partial charge in [-0.3, -0.25) is 9.69 Å². The molecule has 0 aliphatic rings. The second-order valence-electron chi connectivity index (χ2n) is 6.73. The first-order chi connectivity index (χ1) is 13.6. The minimum Gasteiger partial charge on any atom is -0.497 e. The molecule has 0 spiro atoms. The summed E-state index contributed by atoms with van der Waals surface area (Å²) in [6.07, 6.45) is 0. The van der Waals surface area contributed by atoms with Gasteiger partial charge in [-0.2, -0.15) is 0 Å². The SMILES string of the molecule is COc1cccc(CN(C)Cc2nc3sc(-c4ccccc4)cc3c(=O)[nH]2)c1. The number of nitrogens with one attached hydrogen (secondary N) is 1. The van der Waals surface area contributed by atoms with Crippen molar-refractivity contribution in [3.63, 3.8) is 0 Å². The molecule has 28 heavy (non-hydrogen) atoms. The Hall–Kier alpha value is -2.96. The third-order valence-corrected chi connectivity index (χ3v) is 5.59. The van der Waals surface area contributed by atoms with E-state index >= 15 is 0 Å². The molecule has 0 saturated heterocycles. The van der Waals surface area contributed by atoms with Gasteiger partial charge in [0.1, 0.15) is 16.4 Å². The standard InChI is InChI=1S/C22H21N3O2S/c1-25(13-15-7-6-10-17(11-15)27-2)14-20-23-21(26)18-12-19(28-22(18)24-20)16-8-4-3-5-9-16/h3-12H,13-14H2,1-2H3,(H,23,24,26). The quantitative estimate of drug-likeness (QED) is 0.533. The molecule has 0 radical (unpaired) electrons. The van der Waals surface area contributed by atoms with Crippen molar-refractivity contribution < 1.29 is 4.74 Å². The molecule has 5 nitrogen and oxygen atoms in total. The average molecular weight is 391 g/mol. The van der Waals surface area contributed by atoms with E-state index in [0.717, 1.165) is 33.1 Å². The van der Waals surface area contributed by atoms with E-state index in [1.54, 1.807) is 18.4 Å². The van der Waals surface area contributed by atoms with Crippen LogP contribution in [-0.2, 0) is 13.1 Å². The highest BCUT2D eigenvalue weighted by Gasteiger charge is 2.12. The summed E-state index contributed by atoms with van der Waals surface area (Å²) < 4.78 is 5.28. The van der Waals surface area contributed by atoms with E-state index in [1.165, 1.54) is 0 Å². The number of H-pyrrole nitrogens is 1. The Kier molecular flexibility index (Phi) is 5.23. The molecule has 0 amide bonds. The predicted octanol–water partition coefficient (Wildman–Crippen LogP) is 4.29. The van der Waals surface area contributed by atoms with Gasteiger partial charge in [0.05, 0.1) is 19.0 Å². The largest absolute Gasteiger partial charge is 0.497 e. The van der Waals surface area contributed by atoms with Crippen LogP contribution < -0.4 is 10.3 Å². The van der Waals surface area contributed by atoms with Crippen LogP contribution >= 0.6 is 11.3 Å². The zero-order valence-electron chi connectivity index (χ0n) is 15.8. The molecular weight excluding hydrogens is 370 g/mol. The molecule has 4 rings (SSSR count). The van der Waals surface area contributed by atoms with E-state index in [9.17, 15) is 4.79 Å². The molecule has 0 aliphatic heterocycles.